The Morgan fingerprint density at radius 1 is 1.27 bits per heavy atom. The van der Waals surface area contributed by atoms with E-state index in [2.05, 4.69) is 4.98 Å². The molecule has 3 rings (SSSR count). The van der Waals surface area contributed by atoms with E-state index in [-0.39, 0.29) is 33.0 Å². The molecule has 0 spiro atoms. The number of ether oxygens (including phenoxy) is 2. The first-order valence-corrected chi connectivity index (χ1v) is 7.72. The zero-order valence-electron chi connectivity index (χ0n) is 12.6. The van der Waals surface area contributed by atoms with Crippen LogP contribution in [0.2, 0.25) is 10.0 Å². The van der Waals surface area contributed by atoms with Gasteiger partial charge in [-0.2, -0.15) is 13.2 Å². The minimum absolute atomic E-state index is 0.000893. The van der Waals surface area contributed by atoms with E-state index in [0.717, 1.165) is 12.1 Å². The standard InChI is InChI=1S/C16H8Cl2F3NO4/c17-9-2-1-3-22-14(9)26-12-6-11-7(5-10(12)18)4-8(15(23)24)13(25-11)16(19,20)21/h1-6,13H,(H,23,24). The molecule has 0 amide bonds. The number of carbonyl (C=O) groups is 1. The minimum Gasteiger partial charge on any atom is -0.478 e. The second-order valence-electron chi connectivity index (χ2n) is 5.16. The summed E-state index contributed by atoms with van der Waals surface area (Å²) in [5, 5.41) is 9.20. The molecule has 2 heterocycles. The van der Waals surface area contributed by atoms with Gasteiger partial charge in [0.2, 0.25) is 12.0 Å². The highest BCUT2D eigenvalue weighted by molar-refractivity contribution is 6.33. The SMILES string of the molecule is O=C(O)C1=Cc2cc(Cl)c(Oc3ncccc3Cl)cc2OC1C(F)(F)F. The highest BCUT2D eigenvalue weighted by Gasteiger charge is 2.48. The van der Waals surface area contributed by atoms with Gasteiger partial charge in [0.15, 0.2) is 5.75 Å². The van der Waals surface area contributed by atoms with E-state index in [0.29, 0.717) is 0 Å². The number of alkyl halides is 3. The quantitative estimate of drug-likeness (QED) is 0.780. The van der Waals surface area contributed by atoms with E-state index in [4.69, 9.17) is 37.8 Å². The number of hydrogen-bond acceptors (Lipinski definition) is 4. The fourth-order valence-corrected chi connectivity index (χ4v) is 2.62. The number of fused-ring (bicyclic) bond motifs is 1. The van der Waals surface area contributed by atoms with Crippen LogP contribution in [0.5, 0.6) is 17.4 Å². The zero-order chi connectivity index (χ0) is 19.1. The molecule has 1 aliphatic heterocycles. The first kappa shape index (κ1) is 18.3. The lowest BCUT2D eigenvalue weighted by atomic mass is 10.0. The summed E-state index contributed by atoms with van der Waals surface area (Å²) in [4.78, 5) is 15.0. The lowest BCUT2D eigenvalue weighted by Gasteiger charge is -2.27. The Labute approximate surface area is 154 Å². The summed E-state index contributed by atoms with van der Waals surface area (Å²) in [5.41, 5.74) is -0.866. The summed E-state index contributed by atoms with van der Waals surface area (Å²) in [6.07, 6.45) is -5.25. The van der Waals surface area contributed by atoms with Gasteiger partial charge in [-0.05, 0) is 24.3 Å². The molecule has 5 nitrogen and oxygen atoms in total. The van der Waals surface area contributed by atoms with Crippen LogP contribution in [0.1, 0.15) is 5.56 Å². The van der Waals surface area contributed by atoms with E-state index in [1.165, 1.54) is 18.3 Å². The van der Waals surface area contributed by atoms with Crippen molar-refractivity contribution in [3.63, 3.8) is 0 Å². The van der Waals surface area contributed by atoms with Crippen molar-refractivity contribution in [2.24, 2.45) is 0 Å². The van der Waals surface area contributed by atoms with Crippen molar-refractivity contribution in [2.45, 2.75) is 12.3 Å². The van der Waals surface area contributed by atoms with Gasteiger partial charge in [0.25, 0.3) is 0 Å². The fraction of sp³-hybridized carbons (Fsp3) is 0.125. The Hall–Kier alpha value is -2.45. The molecule has 1 aromatic heterocycles. The van der Waals surface area contributed by atoms with Crippen molar-refractivity contribution >= 4 is 35.2 Å². The van der Waals surface area contributed by atoms with Crippen LogP contribution in [0.25, 0.3) is 6.08 Å². The predicted molar refractivity (Wildman–Crippen MR) is 86.9 cm³/mol. The number of rotatable bonds is 3. The number of nitrogens with zero attached hydrogens (tertiary/aromatic N) is 1. The maximum absolute atomic E-state index is 13.1. The van der Waals surface area contributed by atoms with Crippen LogP contribution in [0.15, 0.2) is 36.0 Å². The molecule has 26 heavy (non-hydrogen) atoms. The molecule has 0 fully saturated rings. The van der Waals surface area contributed by atoms with Gasteiger partial charge in [0, 0.05) is 17.8 Å². The summed E-state index contributed by atoms with van der Waals surface area (Å²) in [6.45, 7) is 0. The highest BCUT2D eigenvalue weighted by atomic mass is 35.5. The third kappa shape index (κ3) is 3.56. The number of aromatic nitrogens is 1. The van der Waals surface area contributed by atoms with Gasteiger partial charge < -0.3 is 14.6 Å². The Morgan fingerprint density at radius 2 is 2.00 bits per heavy atom. The number of pyridine rings is 1. The van der Waals surface area contributed by atoms with Gasteiger partial charge in [0.1, 0.15) is 10.8 Å². The van der Waals surface area contributed by atoms with Gasteiger partial charge in [-0.25, -0.2) is 9.78 Å². The Balaban J connectivity index is 2.03. The normalized spacial score (nSPS) is 16.3. The maximum Gasteiger partial charge on any atom is 0.430 e. The summed E-state index contributed by atoms with van der Waals surface area (Å²) >= 11 is 12.0. The summed E-state index contributed by atoms with van der Waals surface area (Å²) in [6, 6.07) is 5.43. The predicted octanol–water partition coefficient (Wildman–Crippen LogP) is 4.97. The average Bonchev–Trinajstić information content (AvgIpc) is 2.55. The molecule has 0 radical (unpaired) electrons. The highest BCUT2D eigenvalue weighted by Crippen LogP contribution is 2.42. The van der Waals surface area contributed by atoms with Gasteiger partial charge in [0.05, 0.1) is 10.6 Å². The van der Waals surface area contributed by atoms with E-state index in [9.17, 15) is 18.0 Å². The number of aliphatic carboxylic acids is 1. The molecule has 136 valence electrons. The van der Waals surface area contributed by atoms with E-state index < -0.39 is 23.8 Å². The molecule has 1 N–H and O–H groups in total. The summed E-state index contributed by atoms with van der Waals surface area (Å²) < 4.78 is 49.6. The van der Waals surface area contributed by atoms with Crippen LogP contribution in [0, 0.1) is 0 Å². The molecule has 10 heteroatoms. The van der Waals surface area contributed by atoms with Crippen LogP contribution in [-0.4, -0.2) is 28.3 Å². The van der Waals surface area contributed by atoms with E-state index >= 15 is 0 Å². The van der Waals surface area contributed by atoms with Crippen molar-refractivity contribution in [3.05, 3.63) is 51.6 Å². The molecule has 2 aromatic rings. The molecule has 0 saturated carbocycles. The van der Waals surface area contributed by atoms with Crippen LogP contribution in [0.3, 0.4) is 0 Å². The van der Waals surface area contributed by atoms with Crippen molar-refractivity contribution in [2.75, 3.05) is 0 Å². The second-order valence-corrected chi connectivity index (χ2v) is 5.97. The second kappa shape index (κ2) is 6.69. The van der Waals surface area contributed by atoms with Crippen molar-refractivity contribution < 1.29 is 32.5 Å². The van der Waals surface area contributed by atoms with Crippen molar-refractivity contribution in [3.8, 4) is 17.4 Å². The van der Waals surface area contributed by atoms with Crippen molar-refractivity contribution in [1.82, 2.24) is 4.98 Å². The molecule has 1 aromatic carbocycles. The maximum atomic E-state index is 13.1. The lowest BCUT2D eigenvalue weighted by molar-refractivity contribution is -0.187. The van der Waals surface area contributed by atoms with Gasteiger partial charge >= 0.3 is 12.1 Å². The summed E-state index contributed by atoms with van der Waals surface area (Å²) in [5.74, 6) is -2.02. The fourth-order valence-electron chi connectivity index (χ4n) is 2.24. The Kier molecular flexibility index (Phi) is 4.72. The van der Waals surface area contributed by atoms with Crippen LogP contribution >= 0.6 is 23.2 Å². The molecule has 0 saturated heterocycles. The Morgan fingerprint density at radius 3 is 2.62 bits per heavy atom. The first-order chi connectivity index (χ1) is 12.2. The van der Waals surface area contributed by atoms with Crippen molar-refractivity contribution in [1.29, 1.82) is 0 Å². The summed E-state index contributed by atoms with van der Waals surface area (Å²) in [7, 11) is 0. The molecule has 1 aliphatic rings. The third-order valence-electron chi connectivity index (χ3n) is 3.38. The van der Waals surface area contributed by atoms with Crippen LogP contribution in [0.4, 0.5) is 13.2 Å². The smallest absolute Gasteiger partial charge is 0.430 e. The average molecular weight is 406 g/mol. The largest absolute Gasteiger partial charge is 0.478 e. The molecular weight excluding hydrogens is 398 g/mol. The third-order valence-corrected chi connectivity index (χ3v) is 3.96. The van der Waals surface area contributed by atoms with Crippen LogP contribution in [-0.2, 0) is 4.79 Å². The molecule has 0 aliphatic carbocycles. The van der Waals surface area contributed by atoms with E-state index in [1.54, 1.807) is 6.07 Å². The van der Waals surface area contributed by atoms with Crippen LogP contribution < -0.4 is 9.47 Å². The first-order valence-electron chi connectivity index (χ1n) is 6.97. The molecule has 1 atom stereocenters. The topological polar surface area (TPSA) is 68.7 Å². The molecular formula is C16H8Cl2F3NO4. The molecule has 0 bridgehead atoms. The number of carboxylic acids is 1. The van der Waals surface area contributed by atoms with Gasteiger partial charge in [-0.1, -0.05) is 23.2 Å². The monoisotopic (exact) mass is 405 g/mol. The minimum atomic E-state index is -4.91. The number of halogens is 5. The van der Waals surface area contributed by atoms with Gasteiger partial charge in [-0.15, -0.1) is 0 Å². The zero-order valence-corrected chi connectivity index (χ0v) is 14.1. The van der Waals surface area contributed by atoms with E-state index in [1.807, 2.05) is 0 Å². The number of carboxylic acid groups (broad SMARTS) is 1. The number of hydrogen-bond donors (Lipinski definition) is 1. The van der Waals surface area contributed by atoms with Gasteiger partial charge in [-0.3, -0.25) is 0 Å². The Bertz CT molecular complexity index is 915. The lowest BCUT2D eigenvalue weighted by Crippen LogP contribution is -2.40. The molecule has 1 unspecified atom stereocenters. The number of benzene rings is 1.